The molecule has 0 N–H and O–H groups in total. The first-order valence-corrected chi connectivity index (χ1v) is 13.1. The molecule has 1 aliphatic rings. The van der Waals surface area contributed by atoms with Crippen LogP contribution in [0.5, 0.6) is 0 Å². The highest BCUT2D eigenvalue weighted by Crippen LogP contribution is 2.53. The molecule has 27 heavy (non-hydrogen) atoms. The fourth-order valence-corrected chi connectivity index (χ4v) is 7.60. The van der Waals surface area contributed by atoms with Crippen LogP contribution in [0.3, 0.4) is 0 Å². The highest BCUT2D eigenvalue weighted by molar-refractivity contribution is 9.12. The largest absolute Gasteiger partial charge is 0.0894 e. The lowest BCUT2D eigenvalue weighted by Crippen LogP contribution is -2.07. The van der Waals surface area contributed by atoms with Crippen LogP contribution in [0, 0.1) is 0 Å². The van der Waals surface area contributed by atoms with E-state index in [4.69, 9.17) is 0 Å². The van der Waals surface area contributed by atoms with E-state index in [2.05, 4.69) is 137 Å². The summed E-state index contributed by atoms with van der Waals surface area (Å²) in [6.07, 6.45) is 0. The molecule has 138 valence electrons. The van der Waals surface area contributed by atoms with Crippen molar-refractivity contribution in [1.29, 1.82) is 0 Å². The molecule has 0 aliphatic carbocycles. The van der Waals surface area contributed by atoms with Crippen LogP contribution in [0.15, 0.2) is 82.6 Å². The summed E-state index contributed by atoms with van der Waals surface area (Å²) in [5.74, 6) is 0. The molecule has 3 aromatic rings. The Morgan fingerprint density at radius 2 is 0.741 bits per heavy atom. The van der Waals surface area contributed by atoms with Gasteiger partial charge in [-0.2, -0.15) is 0 Å². The number of benzene rings is 3. The van der Waals surface area contributed by atoms with E-state index in [1.165, 1.54) is 32.0 Å². The third kappa shape index (κ3) is 4.00. The van der Waals surface area contributed by atoms with E-state index in [0.29, 0.717) is 0 Å². The average molecular weight is 632 g/mol. The lowest BCUT2D eigenvalue weighted by Gasteiger charge is -2.25. The van der Waals surface area contributed by atoms with Gasteiger partial charge in [0.2, 0.25) is 0 Å². The molecule has 0 bridgehead atoms. The van der Waals surface area contributed by atoms with Crippen molar-refractivity contribution in [2.24, 2.45) is 0 Å². The van der Waals surface area contributed by atoms with E-state index < -0.39 is 0 Å². The van der Waals surface area contributed by atoms with Gasteiger partial charge in [-0.05, 0) is 34.4 Å². The fraction of sp³-hybridized carbons (Fsp3) is 0.182. The SMILES string of the molecule is BrC1c2ccccc2Sc2ccccc2C(Br)C(Br)c2ccccc2C1Br. The van der Waals surface area contributed by atoms with Crippen molar-refractivity contribution in [1.82, 2.24) is 0 Å². The van der Waals surface area contributed by atoms with Crippen molar-refractivity contribution < 1.29 is 0 Å². The number of hydrogen-bond acceptors (Lipinski definition) is 1. The van der Waals surface area contributed by atoms with Gasteiger partial charge in [0.15, 0.2) is 0 Å². The molecule has 0 saturated carbocycles. The van der Waals surface area contributed by atoms with Crippen molar-refractivity contribution in [2.45, 2.75) is 29.1 Å². The lowest BCUT2D eigenvalue weighted by molar-refractivity contribution is 0.862. The second-order valence-corrected chi connectivity index (χ2v) is 11.4. The van der Waals surface area contributed by atoms with E-state index in [1.807, 2.05) is 11.8 Å². The molecule has 4 rings (SSSR count). The Morgan fingerprint density at radius 1 is 0.444 bits per heavy atom. The van der Waals surface area contributed by atoms with E-state index in [-0.39, 0.29) is 19.3 Å². The molecule has 4 atom stereocenters. The van der Waals surface area contributed by atoms with Crippen LogP contribution in [0.4, 0.5) is 0 Å². The van der Waals surface area contributed by atoms with Gasteiger partial charge in [0.05, 0.1) is 19.3 Å². The van der Waals surface area contributed by atoms with E-state index in [0.717, 1.165) is 0 Å². The molecule has 5 heteroatoms. The Hall–Kier alpha value is -0.0700. The molecule has 0 radical (unpaired) electrons. The number of hydrogen-bond donors (Lipinski definition) is 0. The molecular formula is C22H16Br4S. The van der Waals surface area contributed by atoms with Crippen LogP contribution in [0.2, 0.25) is 0 Å². The number of fused-ring (bicyclic) bond motifs is 3. The zero-order valence-corrected chi connectivity index (χ0v) is 21.3. The topological polar surface area (TPSA) is 0 Å². The summed E-state index contributed by atoms with van der Waals surface area (Å²) in [7, 11) is 0. The summed E-state index contributed by atoms with van der Waals surface area (Å²) >= 11 is 17.8. The van der Waals surface area contributed by atoms with E-state index in [1.54, 1.807) is 0 Å². The monoisotopic (exact) mass is 628 g/mol. The van der Waals surface area contributed by atoms with Gasteiger partial charge in [0.1, 0.15) is 0 Å². The highest BCUT2D eigenvalue weighted by Gasteiger charge is 2.30. The minimum atomic E-state index is 0.163. The van der Waals surface area contributed by atoms with Gasteiger partial charge >= 0.3 is 0 Å². The summed E-state index contributed by atoms with van der Waals surface area (Å²) in [5.41, 5.74) is 5.19. The van der Waals surface area contributed by atoms with Crippen molar-refractivity contribution in [3.05, 3.63) is 95.1 Å². The van der Waals surface area contributed by atoms with Crippen molar-refractivity contribution in [2.75, 3.05) is 0 Å². The van der Waals surface area contributed by atoms with Crippen molar-refractivity contribution in [3.8, 4) is 0 Å². The summed E-state index contributed by atoms with van der Waals surface area (Å²) in [6.45, 7) is 0. The predicted molar refractivity (Wildman–Crippen MR) is 130 cm³/mol. The van der Waals surface area contributed by atoms with Gasteiger partial charge in [0, 0.05) is 9.79 Å². The molecule has 0 nitrogen and oxygen atoms in total. The fourth-order valence-electron chi connectivity index (χ4n) is 3.36. The van der Waals surface area contributed by atoms with E-state index >= 15 is 0 Å². The van der Waals surface area contributed by atoms with Crippen LogP contribution < -0.4 is 0 Å². The Labute approximate surface area is 198 Å². The molecule has 0 saturated heterocycles. The first-order valence-electron chi connectivity index (χ1n) is 8.58. The first kappa shape index (κ1) is 20.2. The molecular weight excluding hydrogens is 616 g/mol. The van der Waals surface area contributed by atoms with Crippen molar-refractivity contribution >= 4 is 75.5 Å². The second-order valence-electron chi connectivity index (χ2n) is 6.41. The maximum absolute atomic E-state index is 3.98. The summed E-state index contributed by atoms with van der Waals surface area (Å²) < 4.78 is 0. The third-order valence-electron chi connectivity index (χ3n) is 4.76. The Kier molecular flexibility index (Phi) is 6.55. The molecule has 0 aromatic heterocycles. The van der Waals surface area contributed by atoms with Crippen molar-refractivity contribution in [3.63, 3.8) is 0 Å². The van der Waals surface area contributed by atoms with Gasteiger partial charge in [-0.3, -0.25) is 0 Å². The molecule has 0 spiro atoms. The first-order chi connectivity index (χ1) is 13.1. The van der Waals surface area contributed by atoms with Gasteiger partial charge in [-0.15, -0.1) is 0 Å². The van der Waals surface area contributed by atoms with Gasteiger partial charge in [0.25, 0.3) is 0 Å². The zero-order chi connectivity index (χ0) is 19.0. The highest BCUT2D eigenvalue weighted by atomic mass is 79.9. The molecule has 1 aliphatic heterocycles. The average Bonchev–Trinajstić information content (AvgIpc) is 2.72. The third-order valence-corrected chi connectivity index (χ3v) is 11.4. The zero-order valence-electron chi connectivity index (χ0n) is 14.2. The molecule has 0 amide bonds. The normalized spacial score (nSPS) is 24.9. The predicted octanol–water partition coefficient (Wildman–Crippen LogP) is 9.30. The molecule has 0 fully saturated rings. The number of halogens is 4. The molecule has 3 aromatic carbocycles. The molecule has 1 heterocycles. The minimum Gasteiger partial charge on any atom is -0.0894 e. The standard InChI is InChI=1S/C22H16Br4S/c23-19-13-7-1-2-8-14(13)20(24)22(26)16-10-4-6-12-18(16)27-17-11-5-3-9-15(17)21(19)25/h1-12,19-22H. The quantitative estimate of drug-likeness (QED) is 0.223. The smallest absolute Gasteiger partial charge is 0.0572 e. The Morgan fingerprint density at radius 3 is 1.15 bits per heavy atom. The molecule has 4 unspecified atom stereocenters. The van der Waals surface area contributed by atoms with Crippen LogP contribution in [-0.4, -0.2) is 0 Å². The Bertz CT molecular complexity index is 882. The van der Waals surface area contributed by atoms with Crippen LogP contribution in [0.1, 0.15) is 41.6 Å². The number of alkyl halides is 4. The summed E-state index contributed by atoms with van der Waals surface area (Å²) in [5, 5.41) is 0. The summed E-state index contributed by atoms with van der Waals surface area (Å²) in [4.78, 5) is 3.22. The van der Waals surface area contributed by atoms with Gasteiger partial charge in [-0.1, -0.05) is 136 Å². The van der Waals surface area contributed by atoms with Crippen LogP contribution in [0.25, 0.3) is 0 Å². The maximum Gasteiger partial charge on any atom is 0.0572 e. The number of rotatable bonds is 0. The minimum absolute atomic E-state index is 0.163. The van der Waals surface area contributed by atoms with Gasteiger partial charge in [-0.25, -0.2) is 0 Å². The van der Waals surface area contributed by atoms with Crippen LogP contribution in [-0.2, 0) is 0 Å². The Balaban J connectivity index is 1.97. The van der Waals surface area contributed by atoms with Gasteiger partial charge < -0.3 is 0 Å². The second kappa shape index (κ2) is 8.74. The summed E-state index contributed by atoms with van der Waals surface area (Å²) in [6, 6.07) is 26.0. The lowest BCUT2D eigenvalue weighted by atomic mass is 9.95. The maximum atomic E-state index is 3.98. The van der Waals surface area contributed by atoms with E-state index in [9.17, 15) is 0 Å². The van der Waals surface area contributed by atoms with Crippen LogP contribution >= 0.6 is 75.5 Å².